The second kappa shape index (κ2) is 4.84. The molecule has 0 aliphatic carbocycles. The molecular formula is C11H15FO2. The molecule has 0 bridgehead atoms. The summed E-state index contributed by atoms with van der Waals surface area (Å²) >= 11 is 0. The van der Waals surface area contributed by atoms with Gasteiger partial charge >= 0.3 is 0 Å². The molecule has 0 unspecified atom stereocenters. The van der Waals surface area contributed by atoms with Crippen molar-refractivity contribution in [3.05, 3.63) is 23.5 Å². The quantitative estimate of drug-likeness (QED) is 0.753. The van der Waals surface area contributed by atoms with Gasteiger partial charge in [0.25, 0.3) is 0 Å². The van der Waals surface area contributed by atoms with Crippen LogP contribution < -0.4 is 4.74 Å². The fourth-order valence-electron chi connectivity index (χ4n) is 1.09. The maximum atomic E-state index is 13.4. The summed E-state index contributed by atoms with van der Waals surface area (Å²) in [5.41, 5.74) is 0.235. The maximum Gasteiger partial charge on any atom is 0.171 e. The molecule has 1 rings (SSSR count). The zero-order chi connectivity index (χ0) is 10.6. The number of hydrogen-bond donors (Lipinski definition) is 1. The lowest BCUT2D eigenvalue weighted by Gasteiger charge is -2.08. The predicted octanol–water partition coefficient (Wildman–Crippen LogP) is 3.02. The van der Waals surface area contributed by atoms with Gasteiger partial charge in [-0.25, -0.2) is 4.39 Å². The molecule has 1 aromatic carbocycles. The molecule has 3 heteroatoms. The van der Waals surface area contributed by atoms with Gasteiger partial charge in [-0.05, 0) is 25.5 Å². The lowest BCUT2D eigenvalue weighted by molar-refractivity contribution is 0.292. The van der Waals surface area contributed by atoms with Gasteiger partial charge in [0.05, 0.1) is 6.61 Å². The van der Waals surface area contributed by atoms with Crippen LogP contribution in [-0.4, -0.2) is 11.7 Å². The third-order valence-electron chi connectivity index (χ3n) is 2.08. The number of hydrogen-bond acceptors (Lipinski definition) is 2. The molecule has 0 amide bonds. The van der Waals surface area contributed by atoms with E-state index < -0.39 is 5.82 Å². The van der Waals surface area contributed by atoms with E-state index in [9.17, 15) is 9.50 Å². The van der Waals surface area contributed by atoms with Crippen molar-refractivity contribution in [3.8, 4) is 11.5 Å². The number of aromatic hydroxyl groups is 1. The van der Waals surface area contributed by atoms with Crippen LogP contribution in [0.3, 0.4) is 0 Å². The van der Waals surface area contributed by atoms with E-state index in [2.05, 4.69) is 0 Å². The van der Waals surface area contributed by atoms with Crippen molar-refractivity contribution >= 4 is 0 Å². The first-order chi connectivity index (χ1) is 6.66. The number of phenols is 1. The smallest absolute Gasteiger partial charge is 0.171 e. The van der Waals surface area contributed by atoms with E-state index in [0.717, 1.165) is 12.8 Å². The van der Waals surface area contributed by atoms with E-state index in [-0.39, 0.29) is 17.1 Å². The van der Waals surface area contributed by atoms with Crippen LogP contribution in [0.25, 0.3) is 0 Å². The highest BCUT2D eigenvalue weighted by molar-refractivity contribution is 5.40. The third-order valence-corrected chi connectivity index (χ3v) is 2.08. The van der Waals surface area contributed by atoms with Gasteiger partial charge in [0, 0.05) is 5.56 Å². The summed E-state index contributed by atoms with van der Waals surface area (Å²) in [7, 11) is 0. The molecule has 1 N–H and O–H groups in total. The first-order valence-electron chi connectivity index (χ1n) is 4.77. The van der Waals surface area contributed by atoms with Gasteiger partial charge in [0.1, 0.15) is 5.75 Å². The van der Waals surface area contributed by atoms with Gasteiger partial charge in [0.2, 0.25) is 0 Å². The van der Waals surface area contributed by atoms with Crippen LogP contribution in [-0.2, 0) is 0 Å². The number of benzene rings is 1. The van der Waals surface area contributed by atoms with Crippen molar-refractivity contribution < 1.29 is 14.2 Å². The van der Waals surface area contributed by atoms with E-state index >= 15 is 0 Å². The Morgan fingerprint density at radius 2 is 2.14 bits per heavy atom. The molecular weight excluding hydrogens is 183 g/mol. The Bertz CT molecular complexity index is 310. The standard InChI is InChI=1S/C11H15FO2/c1-3-4-7-14-10-6-5-9(13)8(2)11(10)12/h5-6,13H,3-4,7H2,1-2H3. The van der Waals surface area contributed by atoms with Crippen LogP contribution in [0.15, 0.2) is 12.1 Å². The Labute approximate surface area is 83.3 Å². The van der Waals surface area contributed by atoms with Crippen LogP contribution in [0.1, 0.15) is 25.3 Å². The lowest BCUT2D eigenvalue weighted by atomic mass is 10.2. The Morgan fingerprint density at radius 1 is 1.43 bits per heavy atom. The SMILES string of the molecule is CCCCOc1ccc(O)c(C)c1F. The van der Waals surface area contributed by atoms with Crippen LogP contribution in [0, 0.1) is 12.7 Å². The van der Waals surface area contributed by atoms with Crippen molar-refractivity contribution in [1.29, 1.82) is 0 Å². The highest BCUT2D eigenvalue weighted by Gasteiger charge is 2.09. The summed E-state index contributed by atoms with van der Waals surface area (Å²) in [4.78, 5) is 0. The van der Waals surface area contributed by atoms with Gasteiger partial charge in [-0.2, -0.15) is 0 Å². The summed E-state index contributed by atoms with van der Waals surface area (Å²) in [5, 5.41) is 9.20. The van der Waals surface area contributed by atoms with E-state index in [1.54, 1.807) is 0 Å². The second-order valence-corrected chi connectivity index (χ2v) is 3.22. The minimum atomic E-state index is -0.471. The Hall–Kier alpha value is -1.25. The van der Waals surface area contributed by atoms with Crippen LogP contribution >= 0.6 is 0 Å². The molecule has 0 radical (unpaired) electrons. The monoisotopic (exact) mass is 198 g/mol. The highest BCUT2D eigenvalue weighted by atomic mass is 19.1. The molecule has 78 valence electrons. The fourth-order valence-corrected chi connectivity index (χ4v) is 1.09. The highest BCUT2D eigenvalue weighted by Crippen LogP contribution is 2.27. The lowest BCUT2D eigenvalue weighted by Crippen LogP contribution is -1.99. The summed E-state index contributed by atoms with van der Waals surface area (Å²) in [6.45, 7) is 4.08. The molecule has 0 aliphatic rings. The van der Waals surface area contributed by atoms with Crippen molar-refractivity contribution in [2.45, 2.75) is 26.7 Å². The molecule has 0 saturated carbocycles. The van der Waals surface area contributed by atoms with Crippen LogP contribution in [0.4, 0.5) is 4.39 Å². The molecule has 1 aromatic rings. The molecule has 2 nitrogen and oxygen atoms in total. The second-order valence-electron chi connectivity index (χ2n) is 3.22. The van der Waals surface area contributed by atoms with E-state index in [4.69, 9.17) is 4.74 Å². The molecule has 0 fully saturated rings. The summed E-state index contributed by atoms with van der Waals surface area (Å²) < 4.78 is 18.6. The van der Waals surface area contributed by atoms with Crippen LogP contribution in [0.5, 0.6) is 11.5 Å². The van der Waals surface area contributed by atoms with Crippen molar-refractivity contribution in [1.82, 2.24) is 0 Å². The number of phenolic OH excluding ortho intramolecular Hbond substituents is 1. The summed E-state index contributed by atoms with van der Waals surface area (Å²) in [6.07, 6.45) is 1.91. The molecule has 0 saturated heterocycles. The van der Waals surface area contributed by atoms with Crippen LogP contribution in [0.2, 0.25) is 0 Å². The number of ether oxygens (including phenoxy) is 1. The summed E-state index contributed by atoms with van der Waals surface area (Å²) in [5.74, 6) is -0.291. The molecule has 0 aliphatic heterocycles. The van der Waals surface area contributed by atoms with Gasteiger partial charge in [-0.15, -0.1) is 0 Å². The fraction of sp³-hybridized carbons (Fsp3) is 0.455. The number of halogens is 1. The van der Waals surface area contributed by atoms with E-state index in [1.807, 2.05) is 6.92 Å². The zero-order valence-electron chi connectivity index (χ0n) is 8.51. The average Bonchev–Trinajstić information content (AvgIpc) is 2.18. The topological polar surface area (TPSA) is 29.5 Å². The molecule has 0 heterocycles. The minimum Gasteiger partial charge on any atom is -0.508 e. The molecule has 14 heavy (non-hydrogen) atoms. The van der Waals surface area contributed by atoms with E-state index in [0.29, 0.717) is 6.61 Å². The zero-order valence-corrected chi connectivity index (χ0v) is 8.51. The number of unbranched alkanes of at least 4 members (excludes halogenated alkanes) is 1. The molecule has 0 aromatic heterocycles. The largest absolute Gasteiger partial charge is 0.508 e. The van der Waals surface area contributed by atoms with Crippen molar-refractivity contribution in [2.75, 3.05) is 6.61 Å². The number of rotatable bonds is 4. The predicted molar refractivity (Wildman–Crippen MR) is 53.2 cm³/mol. The van der Waals surface area contributed by atoms with Gasteiger partial charge in [0.15, 0.2) is 11.6 Å². The maximum absolute atomic E-state index is 13.4. The van der Waals surface area contributed by atoms with Gasteiger partial charge < -0.3 is 9.84 Å². The first kappa shape index (κ1) is 10.8. The average molecular weight is 198 g/mol. The first-order valence-corrected chi connectivity index (χ1v) is 4.77. The van der Waals surface area contributed by atoms with Gasteiger partial charge in [-0.3, -0.25) is 0 Å². The minimum absolute atomic E-state index is 0.0367. The third kappa shape index (κ3) is 2.37. The van der Waals surface area contributed by atoms with Crippen molar-refractivity contribution in [3.63, 3.8) is 0 Å². The normalized spacial score (nSPS) is 10.2. The summed E-state index contributed by atoms with van der Waals surface area (Å²) in [6, 6.07) is 2.90. The molecule has 0 spiro atoms. The Balaban J connectivity index is 2.73. The molecule has 0 atom stereocenters. The van der Waals surface area contributed by atoms with E-state index in [1.165, 1.54) is 19.1 Å². The van der Waals surface area contributed by atoms with Gasteiger partial charge in [-0.1, -0.05) is 13.3 Å². The van der Waals surface area contributed by atoms with Crippen molar-refractivity contribution in [2.24, 2.45) is 0 Å². The Kier molecular flexibility index (Phi) is 3.74. The Morgan fingerprint density at radius 3 is 2.79 bits per heavy atom.